The summed E-state index contributed by atoms with van der Waals surface area (Å²) in [7, 11) is 0. The Morgan fingerprint density at radius 1 is 1.75 bits per heavy atom. The lowest BCUT2D eigenvalue weighted by Crippen LogP contribution is -2.45. The summed E-state index contributed by atoms with van der Waals surface area (Å²) in [6.45, 7) is 1.67. The summed E-state index contributed by atoms with van der Waals surface area (Å²) in [5.41, 5.74) is 5.02. The van der Waals surface area contributed by atoms with Gasteiger partial charge in [-0.1, -0.05) is 0 Å². The molecule has 3 N–H and O–H groups in total. The molecular weight excluding hydrogens is 160 g/mol. The summed E-state index contributed by atoms with van der Waals surface area (Å²) in [4.78, 5) is 13.4. The lowest BCUT2D eigenvalue weighted by molar-refractivity contribution is -0.426. The first-order valence-corrected chi connectivity index (χ1v) is 3.54. The molecule has 0 atom stereocenters. The van der Waals surface area contributed by atoms with Crippen molar-refractivity contribution >= 4 is 6.21 Å². The molecule has 1 aliphatic rings. The summed E-state index contributed by atoms with van der Waals surface area (Å²) < 4.78 is 0. The van der Waals surface area contributed by atoms with E-state index >= 15 is 0 Å². The van der Waals surface area contributed by atoms with E-state index in [1.165, 1.54) is 12.3 Å². The van der Waals surface area contributed by atoms with Crippen molar-refractivity contribution in [2.45, 2.75) is 6.04 Å². The van der Waals surface area contributed by atoms with Crippen molar-refractivity contribution in [3.63, 3.8) is 0 Å². The van der Waals surface area contributed by atoms with Gasteiger partial charge in [0.2, 0.25) is 0 Å². The Morgan fingerprint density at radius 3 is 2.83 bits per heavy atom. The average molecular weight is 170 g/mol. The van der Waals surface area contributed by atoms with Crippen LogP contribution < -0.4 is 11.1 Å². The second kappa shape index (κ2) is 3.82. The van der Waals surface area contributed by atoms with E-state index in [-0.39, 0.29) is 11.9 Å². The molecule has 1 rings (SSSR count). The summed E-state index contributed by atoms with van der Waals surface area (Å²) in [6, 6.07) is 0.251. The second-order valence-electron chi connectivity index (χ2n) is 2.46. The Kier molecular flexibility index (Phi) is 2.76. The standard InChI is InChI=1S/C6H10N4O2/c7-6(10(11)12)1-2-9-5-3-8-4-5/h1-2,5,8H,3-4,7H2. The number of nitrogens with zero attached hydrogens (tertiary/aromatic N) is 2. The van der Waals surface area contributed by atoms with Crippen LogP contribution in [0.15, 0.2) is 16.9 Å². The van der Waals surface area contributed by atoms with Crippen LogP contribution in [0.4, 0.5) is 0 Å². The van der Waals surface area contributed by atoms with Gasteiger partial charge in [-0.25, -0.2) is 0 Å². The van der Waals surface area contributed by atoms with Crippen LogP contribution in [0.3, 0.4) is 0 Å². The lowest BCUT2D eigenvalue weighted by Gasteiger charge is -2.22. The van der Waals surface area contributed by atoms with Crippen molar-refractivity contribution in [2.24, 2.45) is 10.7 Å². The molecule has 0 bridgehead atoms. The first-order valence-electron chi connectivity index (χ1n) is 3.54. The van der Waals surface area contributed by atoms with Crippen LogP contribution in [0.25, 0.3) is 0 Å². The minimum Gasteiger partial charge on any atom is -0.358 e. The van der Waals surface area contributed by atoms with E-state index in [0.717, 1.165) is 13.1 Å². The first-order chi connectivity index (χ1) is 5.70. The van der Waals surface area contributed by atoms with Gasteiger partial charge >= 0.3 is 5.82 Å². The van der Waals surface area contributed by atoms with Gasteiger partial charge in [0.1, 0.15) is 0 Å². The highest BCUT2D eigenvalue weighted by molar-refractivity contribution is 5.71. The number of nitrogens with one attached hydrogen (secondary N) is 1. The van der Waals surface area contributed by atoms with Gasteiger partial charge in [-0.15, -0.1) is 0 Å². The minimum atomic E-state index is -0.648. The predicted molar refractivity (Wildman–Crippen MR) is 44.4 cm³/mol. The third kappa shape index (κ3) is 2.31. The number of allylic oxidation sites excluding steroid dienone is 1. The monoisotopic (exact) mass is 170 g/mol. The summed E-state index contributed by atoms with van der Waals surface area (Å²) in [5.74, 6) is -0.383. The zero-order valence-corrected chi connectivity index (χ0v) is 6.43. The van der Waals surface area contributed by atoms with Crippen LogP contribution in [0, 0.1) is 10.1 Å². The number of nitro groups is 1. The molecule has 6 heteroatoms. The maximum absolute atomic E-state index is 10.00. The number of nitrogens with two attached hydrogens (primary N) is 1. The SMILES string of the molecule is NC(=CC=NC1CNC1)[N+](=O)[O-]. The molecule has 1 aliphatic heterocycles. The number of rotatable bonds is 3. The number of hydrogen-bond donors (Lipinski definition) is 2. The Bertz CT molecular complexity index is 232. The van der Waals surface area contributed by atoms with Crippen molar-refractivity contribution in [1.82, 2.24) is 5.32 Å². The Labute approximate surface area is 69.3 Å². The molecule has 66 valence electrons. The fraction of sp³-hybridized carbons (Fsp3) is 0.500. The number of aliphatic imine (C=N–C) groups is 1. The molecule has 6 nitrogen and oxygen atoms in total. The van der Waals surface area contributed by atoms with Gasteiger partial charge in [-0.3, -0.25) is 10.7 Å². The van der Waals surface area contributed by atoms with Crippen LogP contribution in [0.5, 0.6) is 0 Å². The Hall–Kier alpha value is -1.43. The van der Waals surface area contributed by atoms with E-state index in [1.54, 1.807) is 0 Å². The molecular formula is C6H10N4O2. The molecule has 0 spiro atoms. The van der Waals surface area contributed by atoms with E-state index < -0.39 is 4.92 Å². The van der Waals surface area contributed by atoms with Crippen LogP contribution in [0.2, 0.25) is 0 Å². The van der Waals surface area contributed by atoms with Gasteiger partial charge in [0, 0.05) is 25.4 Å². The summed E-state index contributed by atoms with van der Waals surface area (Å²) in [5, 5.41) is 13.0. The highest BCUT2D eigenvalue weighted by atomic mass is 16.6. The maximum atomic E-state index is 10.00. The van der Waals surface area contributed by atoms with Gasteiger partial charge in [-0.2, -0.15) is 0 Å². The second-order valence-corrected chi connectivity index (χ2v) is 2.46. The predicted octanol–water partition coefficient (Wildman–Crippen LogP) is -0.894. The Balaban J connectivity index is 2.35. The molecule has 0 amide bonds. The molecule has 0 aromatic carbocycles. The highest BCUT2D eigenvalue weighted by Gasteiger charge is 2.13. The molecule has 1 fully saturated rings. The number of hydrogen-bond acceptors (Lipinski definition) is 5. The molecule has 1 saturated heterocycles. The zero-order valence-electron chi connectivity index (χ0n) is 6.43. The normalized spacial score (nSPS) is 19.5. The van der Waals surface area contributed by atoms with Crippen LogP contribution in [0.1, 0.15) is 0 Å². The summed E-state index contributed by atoms with van der Waals surface area (Å²) >= 11 is 0. The van der Waals surface area contributed by atoms with Crippen molar-refractivity contribution in [3.8, 4) is 0 Å². The lowest BCUT2D eigenvalue weighted by atomic mass is 10.2. The molecule has 0 aromatic rings. The van der Waals surface area contributed by atoms with E-state index in [1.807, 2.05) is 0 Å². The summed E-state index contributed by atoms with van der Waals surface area (Å²) in [6.07, 6.45) is 2.57. The zero-order chi connectivity index (χ0) is 8.97. The molecule has 1 heterocycles. The highest BCUT2D eigenvalue weighted by Crippen LogP contribution is 1.95. The average Bonchev–Trinajstić information content (AvgIpc) is 1.93. The van der Waals surface area contributed by atoms with Crippen molar-refractivity contribution < 1.29 is 4.92 Å². The van der Waals surface area contributed by atoms with Crippen molar-refractivity contribution in [1.29, 1.82) is 0 Å². The molecule has 0 radical (unpaired) electrons. The fourth-order valence-electron chi connectivity index (χ4n) is 0.681. The molecule has 12 heavy (non-hydrogen) atoms. The topological polar surface area (TPSA) is 93.5 Å². The molecule has 0 aliphatic carbocycles. The van der Waals surface area contributed by atoms with Gasteiger partial charge in [0.05, 0.1) is 6.04 Å². The van der Waals surface area contributed by atoms with Gasteiger partial charge in [0.25, 0.3) is 0 Å². The van der Waals surface area contributed by atoms with Crippen molar-refractivity contribution in [2.75, 3.05) is 13.1 Å². The Morgan fingerprint density at radius 2 is 2.42 bits per heavy atom. The largest absolute Gasteiger partial charge is 0.358 e. The minimum absolute atomic E-state index is 0.251. The third-order valence-corrected chi connectivity index (χ3v) is 1.51. The molecule has 0 saturated carbocycles. The van der Waals surface area contributed by atoms with E-state index in [2.05, 4.69) is 10.3 Å². The van der Waals surface area contributed by atoms with Crippen LogP contribution in [-0.2, 0) is 0 Å². The van der Waals surface area contributed by atoms with E-state index in [0.29, 0.717) is 0 Å². The van der Waals surface area contributed by atoms with E-state index in [4.69, 9.17) is 5.73 Å². The van der Waals surface area contributed by atoms with Crippen LogP contribution in [-0.4, -0.2) is 30.3 Å². The molecule has 0 unspecified atom stereocenters. The quantitative estimate of drug-likeness (QED) is 0.326. The van der Waals surface area contributed by atoms with E-state index in [9.17, 15) is 10.1 Å². The van der Waals surface area contributed by atoms with Gasteiger partial charge in [-0.05, 0) is 4.92 Å². The van der Waals surface area contributed by atoms with Crippen LogP contribution >= 0.6 is 0 Å². The fourth-order valence-corrected chi connectivity index (χ4v) is 0.681. The maximum Gasteiger partial charge on any atom is 0.315 e. The van der Waals surface area contributed by atoms with Gasteiger partial charge < -0.3 is 15.4 Å². The smallest absolute Gasteiger partial charge is 0.315 e. The van der Waals surface area contributed by atoms with Gasteiger partial charge in [0.15, 0.2) is 0 Å². The van der Waals surface area contributed by atoms with Crippen molar-refractivity contribution in [3.05, 3.63) is 22.0 Å². The molecule has 0 aromatic heterocycles. The third-order valence-electron chi connectivity index (χ3n) is 1.51. The first kappa shape index (κ1) is 8.66.